The Hall–Kier alpha value is -0.690. The lowest BCUT2D eigenvalue weighted by Gasteiger charge is -2.15. The zero-order chi connectivity index (χ0) is 12.5. The first-order valence-electron chi connectivity index (χ1n) is 6.36. The van der Waals surface area contributed by atoms with Crippen molar-refractivity contribution in [2.24, 2.45) is 11.8 Å². The van der Waals surface area contributed by atoms with Crippen LogP contribution in [0.25, 0.3) is 0 Å². The van der Waals surface area contributed by atoms with Crippen LogP contribution in [0, 0.1) is 18.8 Å². The van der Waals surface area contributed by atoms with Gasteiger partial charge in [-0.3, -0.25) is 9.69 Å². The summed E-state index contributed by atoms with van der Waals surface area (Å²) in [5.74, 6) is 1.53. The summed E-state index contributed by atoms with van der Waals surface area (Å²) in [6, 6.07) is 0. The molecule has 19 heavy (non-hydrogen) atoms. The second-order valence-electron chi connectivity index (χ2n) is 5.21. The van der Waals surface area contributed by atoms with Gasteiger partial charge in [-0.05, 0) is 31.8 Å². The number of anilines is 1. The molecule has 7 heteroatoms. The van der Waals surface area contributed by atoms with Gasteiger partial charge in [0.2, 0.25) is 5.91 Å². The monoisotopic (exact) mass is 302 g/mol. The number of nitrogens with zero attached hydrogens (tertiary/aromatic N) is 2. The van der Waals surface area contributed by atoms with Gasteiger partial charge >= 0.3 is 0 Å². The largest absolute Gasteiger partial charge is 0.316 e. The number of rotatable bonds is 3. The van der Waals surface area contributed by atoms with Gasteiger partial charge in [0.1, 0.15) is 0 Å². The number of fused-ring (bicyclic) bond motifs is 1. The molecule has 3 rings (SSSR count). The van der Waals surface area contributed by atoms with Gasteiger partial charge in [-0.15, -0.1) is 23.7 Å². The van der Waals surface area contributed by atoms with E-state index < -0.39 is 0 Å². The summed E-state index contributed by atoms with van der Waals surface area (Å²) in [6.07, 6.45) is 0. The maximum atomic E-state index is 11.9. The predicted octanol–water partition coefficient (Wildman–Crippen LogP) is 0.963. The molecule has 0 bridgehead atoms. The van der Waals surface area contributed by atoms with Crippen LogP contribution in [0.1, 0.15) is 5.69 Å². The fourth-order valence-electron chi connectivity index (χ4n) is 2.85. The molecule has 0 spiro atoms. The third-order valence-corrected chi connectivity index (χ3v) is 4.57. The van der Waals surface area contributed by atoms with Gasteiger partial charge < -0.3 is 10.6 Å². The molecule has 2 N–H and O–H groups in total. The Labute approximate surface area is 123 Å². The van der Waals surface area contributed by atoms with Crippen LogP contribution in [0.5, 0.6) is 0 Å². The molecule has 2 fully saturated rings. The number of halogens is 1. The van der Waals surface area contributed by atoms with Gasteiger partial charge in [0, 0.05) is 18.5 Å². The highest BCUT2D eigenvalue weighted by Crippen LogP contribution is 2.26. The third kappa shape index (κ3) is 3.45. The minimum absolute atomic E-state index is 0. The van der Waals surface area contributed by atoms with Crippen LogP contribution in [-0.4, -0.2) is 48.5 Å². The number of aryl methyl sites for hydroxylation is 1. The van der Waals surface area contributed by atoms with Gasteiger partial charge in [0.25, 0.3) is 0 Å². The topological polar surface area (TPSA) is 57.3 Å². The Morgan fingerprint density at radius 1 is 1.53 bits per heavy atom. The number of likely N-dealkylation sites (tertiary alicyclic amines) is 1. The number of carbonyl (C=O) groups excluding carboxylic acids is 1. The van der Waals surface area contributed by atoms with E-state index in [0.29, 0.717) is 11.7 Å². The van der Waals surface area contributed by atoms with E-state index in [4.69, 9.17) is 0 Å². The second kappa shape index (κ2) is 6.17. The molecule has 1 aromatic heterocycles. The lowest BCUT2D eigenvalue weighted by atomic mass is 10.0. The first kappa shape index (κ1) is 14.7. The molecule has 2 aliphatic heterocycles. The van der Waals surface area contributed by atoms with Crippen molar-refractivity contribution in [3.05, 3.63) is 11.1 Å². The summed E-state index contributed by atoms with van der Waals surface area (Å²) in [4.78, 5) is 18.4. The lowest BCUT2D eigenvalue weighted by Crippen LogP contribution is -2.33. The number of carbonyl (C=O) groups is 1. The Balaban J connectivity index is 0.00000133. The summed E-state index contributed by atoms with van der Waals surface area (Å²) in [5.41, 5.74) is 0.956. The molecule has 2 saturated heterocycles. The Morgan fingerprint density at radius 3 is 2.79 bits per heavy atom. The maximum Gasteiger partial charge on any atom is 0.240 e. The zero-order valence-electron chi connectivity index (χ0n) is 10.9. The van der Waals surface area contributed by atoms with Crippen molar-refractivity contribution in [3.8, 4) is 0 Å². The number of aromatic nitrogens is 1. The highest BCUT2D eigenvalue weighted by molar-refractivity contribution is 7.13. The van der Waals surface area contributed by atoms with Gasteiger partial charge in [0.15, 0.2) is 5.13 Å². The van der Waals surface area contributed by atoms with E-state index in [1.54, 1.807) is 0 Å². The minimum Gasteiger partial charge on any atom is -0.316 e. The molecule has 0 saturated carbocycles. The lowest BCUT2D eigenvalue weighted by molar-refractivity contribution is -0.117. The van der Waals surface area contributed by atoms with Crippen molar-refractivity contribution < 1.29 is 4.79 Å². The van der Waals surface area contributed by atoms with Gasteiger partial charge in [-0.1, -0.05) is 0 Å². The van der Waals surface area contributed by atoms with Crippen LogP contribution in [0.15, 0.2) is 5.38 Å². The number of nitrogens with one attached hydrogen (secondary N) is 2. The standard InChI is InChI=1S/C12H18N4OS.ClH/c1-8-7-18-12(14-8)15-11(17)6-16-4-9-2-13-3-10(9)5-16;/h7,9-10,13H,2-6H2,1H3,(H,14,15,17);1H/t9-,10+;. The quantitative estimate of drug-likeness (QED) is 0.873. The molecule has 0 unspecified atom stereocenters. The minimum atomic E-state index is 0. The Bertz CT molecular complexity index is 441. The van der Waals surface area contributed by atoms with E-state index in [0.717, 1.165) is 43.7 Å². The summed E-state index contributed by atoms with van der Waals surface area (Å²) in [7, 11) is 0. The van der Waals surface area contributed by atoms with Crippen molar-refractivity contribution in [1.82, 2.24) is 15.2 Å². The van der Waals surface area contributed by atoms with E-state index in [9.17, 15) is 4.79 Å². The SMILES string of the molecule is Cc1csc(NC(=O)CN2C[C@H]3CNC[C@H]3C2)n1.Cl. The fourth-order valence-corrected chi connectivity index (χ4v) is 3.56. The molecule has 0 aromatic carbocycles. The molecule has 2 atom stereocenters. The molecule has 3 heterocycles. The molecule has 5 nitrogen and oxygen atoms in total. The zero-order valence-corrected chi connectivity index (χ0v) is 12.5. The summed E-state index contributed by atoms with van der Waals surface area (Å²) in [6.45, 7) is 6.72. The molecular weight excluding hydrogens is 284 g/mol. The number of hydrogen-bond acceptors (Lipinski definition) is 5. The fraction of sp³-hybridized carbons (Fsp3) is 0.667. The highest BCUT2D eigenvalue weighted by Gasteiger charge is 2.36. The summed E-state index contributed by atoms with van der Waals surface area (Å²) >= 11 is 1.48. The number of thiazole rings is 1. The number of amides is 1. The van der Waals surface area contributed by atoms with Crippen LogP contribution in [0.2, 0.25) is 0 Å². The average Bonchev–Trinajstić information content (AvgIpc) is 2.94. The molecular formula is C12H19ClN4OS. The van der Waals surface area contributed by atoms with E-state index in [1.165, 1.54) is 11.3 Å². The smallest absolute Gasteiger partial charge is 0.240 e. The average molecular weight is 303 g/mol. The van der Waals surface area contributed by atoms with Crippen LogP contribution in [-0.2, 0) is 4.79 Å². The van der Waals surface area contributed by atoms with Gasteiger partial charge in [-0.25, -0.2) is 4.98 Å². The van der Waals surface area contributed by atoms with Crippen molar-refractivity contribution in [2.45, 2.75) is 6.92 Å². The summed E-state index contributed by atoms with van der Waals surface area (Å²) in [5, 5.41) is 8.92. The van der Waals surface area contributed by atoms with Crippen LogP contribution < -0.4 is 10.6 Å². The Kier molecular flexibility index (Phi) is 4.78. The Morgan fingerprint density at radius 2 is 2.21 bits per heavy atom. The van der Waals surface area contributed by atoms with E-state index in [-0.39, 0.29) is 18.3 Å². The summed E-state index contributed by atoms with van der Waals surface area (Å²) < 4.78 is 0. The third-order valence-electron chi connectivity index (χ3n) is 3.70. The highest BCUT2D eigenvalue weighted by atomic mass is 35.5. The van der Waals surface area contributed by atoms with Crippen molar-refractivity contribution >= 4 is 34.8 Å². The second-order valence-corrected chi connectivity index (χ2v) is 6.07. The van der Waals surface area contributed by atoms with E-state index >= 15 is 0 Å². The maximum absolute atomic E-state index is 11.9. The molecule has 1 aromatic rings. The van der Waals surface area contributed by atoms with Crippen molar-refractivity contribution in [3.63, 3.8) is 0 Å². The van der Waals surface area contributed by atoms with Gasteiger partial charge in [0.05, 0.1) is 12.2 Å². The van der Waals surface area contributed by atoms with E-state index in [1.807, 2.05) is 12.3 Å². The first-order valence-corrected chi connectivity index (χ1v) is 7.24. The van der Waals surface area contributed by atoms with Crippen molar-refractivity contribution in [2.75, 3.05) is 38.0 Å². The first-order chi connectivity index (χ1) is 8.70. The van der Waals surface area contributed by atoms with Crippen LogP contribution in [0.4, 0.5) is 5.13 Å². The van der Waals surface area contributed by atoms with Gasteiger partial charge in [-0.2, -0.15) is 0 Å². The van der Waals surface area contributed by atoms with E-state index in [2.05, 4.69) is 20.5 Å². The van der Waals surface area contributed by atoms with Crippen LogP contribution in [0.3, 0.4) is 0 Å². The molecule has 106 valence electrons. The molecule has 0 radical (unpaired) electrons. The van der Waals surface area contributed by atoms with Crippen LogP contribution >= 0.6 is 23.7 Å². The number of hydrogen-bond donors (Lipinski definition) is 2. The molecule has 2 aliphatic rings. The predicted molar refractivity (Wildman–Crippen MR) is 79.0 cm³/mol. The molecule has 0 aliphatic carbocycles. The van der Waals surface area contributed by atoms with Crippen molar-refractivity contribution in [1.29, 1.82) is 0 Å². The molecule has 1 amide bonds. The normalized spacial score (nSPS) is 25.9.